The zero-order valence-corrected chi connectivity index (χ0v) is 19.6. The first-order chi connectivity index (χ1) is 15.0. The van der Waals surface area contributed by atoms with Crippen molar-refractivity contribution in [2.24, 2.45) is 17.4 Å². The van der Waals surface area contributed by atoms with Crippen LogP contribution in [0.15, 0.2) is 65.0 Å². The molecule has 6 N–H and O–H groups in total. The van der Waals surface area contributed by atoms with Gasteiger partial charge in [-0.25, -0.2) is 0 Å². The van der Waals surface area contributed by atoms with Gasteiger partial charge in [0.15, 0.2) is 5.03 Å². The van der Waals surface area contributed by atoms with Crippen LogP contribution in [0, 0.1) is 11.3 Å². The maximum atomic E-state index is 13.5. The molecular weight excluding hydrogens is 475 g/mol. The van der Waals surface area contributed by atoms with Crippen molar-refractivity contribution in [3.8, 4) is 5.75 Å². The number of pyridine rings is 1. The molecule has 0 saturated heterocycles. The SMILES string of the molecule is CC(C)C1=C(S(=O)(=O)Oc2cc(Cl)cc(Cl)c2)N(Cc2ccncc2)C(=C(N)C(=N)N)N1. The first kappa shape index (κ1) is 23.7. The van der Waals surface area contributed by atoms with Crippen LogP contribution in [0.25, 0.3) is 0 Å². The van der Waals surface area contributed by atoms with E-state index in [9.17, 15) is 8.42 Å². The molecule has 1 aliphatic rings. The molecule has 0 spiro atoms. The number of hydrogen-bond acceptors (Lipinski definition) is 8. The van der Waals surface area contributed by atoms with Gasteiger partial charge in [-0.1, -0.05) is 37.0 Å². The maximum Gasteiger partial charge on any atom is 0.356 e. The van der Waals surface area contributed by atoms with E-state index in [4.69, 9.17) is 44.3 Å². The number of nitrogens with two attached hydrogens (primary N) is 2. The van der Waals surface area contributed by atoms with Gasteiger partial charge in [-0.05, 0) is 29.7 Å². The van der Waals surface area contributed by atoms with Crippen molar-refractivity contribution in [3.63, 3.8) is 0 Å². The number of rotatable bonds is 7. The van der Waals surface area contributed by atoms with E-state index in [1.807, 2.05) is 13.8 Å². The van der Waals surface area contributed by atoms with Gasteiger partial charge < -0.3 is 25.9 Å². The van der Waals surface area contributed by atoms with Gasteiger partial charge in [-0.2, -0.15) is 8.42 Å². The number of aromatic nitrogens is 1. The van der Waals surface area contributed by atoms with Gasteiger partial charge in [0, 0.05) is 34.6 Å². The first-order valence-electron chi connectivity index (χ1n) is 9.42. The van der Waals surface area contributed by atoms with Crippen LogP contribution in [0.1, 0.15) is 19.4 Å². The summed E-state index contributed by atoms with van der Waals surface area (Å²) < 4.78 is 32.3. The van der Waals surface area contributed by atoms with Gasteiger partial charge in [0.05, 0.1) is 12.2 Å². The molecule has 9 nitrogen and oxygen atoms in total. The Bertz CT molecular complexity index is 1190. The highest BCUT2D eigenvalue weighted by molar-refractivity contribution is 7.91. The lowest BCUT2D eigenvalue weighted by Crippen LogP contribution is -2.33. The molecule has 32 heavy (non-hydrogen) atoms. The highest BCUT2D eigenvalue weighted by Gasteiger charge is 2.40. The Morgan fingerprint density at radius 2 is 1.78 bits per heavy atom. The standard InChI is InChI=1S/C20H22Cl2N6O3S/c1-11(2)17-20(32(29,30)31-15-8-13(21)7-14(22)9-15)28(10-12-3-5-26-6-4-12)19(27-17)16(23)18(24)25/h3-9,11,27H,10,23H2,1-2H3,(H3,24,25). The summed E-state index contributed by atoms with van der Waals surface area (Å²) in [6.45, 7) is 3.72. The molecule has 0 fully saturated rings. The van der Waals surface area contributed by atoms with Gasteiger partial charge in [0.2, 0.25) is 0 Å². The molecule has 1 aliphatic heterocycles. The number of hydrogen-bond donors (Lipinski definition) is 4. The molecule has 1 aromatic heterocycles. The minimum absolute atomic E-state index is 0.0427. The molecule has 1 aromatic carbocycles. The number of halogens is 2. The fourth-order valence-corrected chi connectivity index (χ4v) is 4.98. The number of amidine groups is 1. The normalized spacial score (nSPS) is 15.7. The Balaban J connectivity index is 2.15. The van der Waals surface area contributed by atoms with Crippen molar-refractivity contribution in [2.75, 3.05) is 0 Å². The van der Waals surface area contributed by atoms with E-state index in [0.717, 1.165) is 5.56 Å². The van der Waals surface area contributed by atoms with Gasteiger partial charge in [0.25, 0.3) is 0 Å². The highest BCUT2D eigenvalue weighted by Crippen LogP contribution is 2.35. The third-order valence-corrected chi connectivity index (χ3v) is 6.25. The Kier molecular flexibility index (Phi) is 6.87. The van der Waals surface area contributed by atoms with Crippen molar-refractivity contribution in [1.82, 2.24) is 15.2 Å². The minimum Gasteiger partial charge on any atom is -0.393 e. The van der Waals surface area contributed by atoms with Crippen LogP contribution >= 0.6 is 23.2 Å². The van der Waals surface area contributed by atoms with E-state index in [2.05, 4.69) is 10.3 Å². The molecule has 12 heteroatoms. The monoisotopic (exact) mass is 496 g/mol. The molecule has 0 radical (unpaired) electrons. The van der Waals surface area contributed by atoms with Gasteiger partial charge in [-0.15, -0.1) is 0 Å². The molecule has 170 valence electrons. The van der Waals surface area contributed by atoms with E-state index in [-0.39, 0.29) is 44.8 Å². The van der Waals surface area contributed by atoms with Gasteiger partial charge in [-0.3, -0.25) is 10.4 Å². The van der Waals surface area contributed by atoms with E-state index < -0.39 is 16.0 Å². The van der Waals surface area contributed by atoms with Crippen molar-refractivity contribution in [2.45, 2.75) is 20.4 Å². The molecule has 2 heterocycles. The average Bonchev–Trinajstić information content (AvgIpc) is 3.07. The van der Waals surface area contributed by atoms with Gasteiger partial charge >= 0.3 is 10.1 Å². The number of allylic oxidation sites excluding steroid dienone is 1. The predicted octanol–water partition coefficient (Wildman–Crippen LogP) is 3.09. The minimum atomic E-state index is -4.39. The third-order valence-electron chi connectivity index (χ3n) is 4.49. The van der Waals surface area contributed by atoms with Crippen molar-refractivity contribution in [1.29, 1.82) is 5.41 Å². The molecule has 2 aromatic rings. The van der Waals surface area contributed by atoms with Crippen LogP contribution in [0.2, 0.25) is 10.0 Å². The average molecular weight is 497 g/mol. The summed E-state index contributed by atoms with van der Waals surface area (Å²) in [5.41, 5.74) is 12.6. The third kappa shape index (κ3) is 5.09. The van der Waals surface area contributed by atoms with Gasteiger partial charge in [0.1, 0.15) is 23.1 Å². The number of nitrogens with zero attached hydrogens (tertiary/aromatic N) is 2. The molecule has 3 rings (SSSR count). The summed E-state index contributed by atoms with van der Waals surface area (Å²) in [7, 11) is -4.39. The second kappa shape index (κ2) is 9.27. The lowest BCUT2D eigenvalue weighted by molar-refractivity contribution is 0.419. The summed E-state index contributed by atoms with van der Waals surface area (Å²) >= 11 is 12.0. The largest absolute Gasteiger partial charge is 0.393 e. The lowest BCUT2D eigenvalue weighted by Gasteiger charge is -2.24. The topological polar surface area (TPSA) is 147 Å². The quantitative estimate of drug-likeness (QED) is 0.259. The van der Waals surface area contributed by atoms with Crippen LogP contribution in [0.5, 0.6) is 5.75 Å². The van der Waals surface area contributed by atoms with Crippen LogP contribution in [0.3, 0.4) is 0 Å². The zero-order valence-electron chi connectivity index (χ0n) is 17.3. The molecule has 0 unspecified atom stereocenters. The van der Waals surface area contributed by atoms with Crippen molar-refractivity contribution >= 4 is 39.2 Å². The fraction of sp³-hybridized carbons (Fsp3) is 0.200. The maximum absolute atomic E-state index is 13.5. The Morgan fingerprint density at radius 3 is 2.31 bits per heavy atom. The lowest BCUT2D eigenvalue weighted by atomic mass is 10.1. The predicted molar refractivity (Wildman–Crippen MR) is 124 cm³/mol. The zero-order chi connectivity index (χ0) is 23.6. The van der Waals surface area contributed by atoms with Crippen LogP contribution in [0.4, 0.5) is 0 Å². The second-order valence-corrected chi connectivity index (χ2v) is 9.59. The smallest absolute Gasteiger partial charge is 0.356 e. The molecule has 0 saturated carbocycles. The van der Waals surface area contributed by atoms with Crippen LogP contribution in [-0.2, 0) is 16.7 Å². The van der Waals surface area contributed by atoms with E-state index >= 15 is 0 Å². The summed E-state index contributed by atoms with van der Waals surface area (Å²) in [5, 5.41) is 11.1. The fourth-order valence-electron chi connectivity index (χ4n) is 3.06. The van der Waals surface area contributed by atoms with Crippen LogP contribution < -0.4 is 21.0 Å². The van der Waals surface area contributed by atoms with E-state index in [1.165, 1.54) is 23.1 Å². The number of benzene rings is 1. The molecular formula is C20H22Cl2N6O3S. The summed E-state index contributed by atoms with van der Waals surface area (Å²) in [5.74, 6) is -0.539. The Hall–Kier alpha value is -2.95. The first-order valence-corrected chi connectivity index (χ1v) is 11.6. The van der Waals surface area contributed by atoms with E-state index in [1.54, 1.807) is 24.5 Å². The number of nitrogens with one attached hydrogen (secondary N) is 2. The van der Waals surface area contributed by atoms with Crippen molar-refractivity contribution in [3.05, 3.63) is 80.6 Å². The summed E-state index contributed by atoms with van der Waals surface area (Å²) in [6.07, 6.45) is 3.17. The molecule has 0 atom stereocenters. The van der Waals surface area contributed by atoms with Crippen LogP contribution in [-0.4, -0.2) is 24.1 Å². The molecule has 0 amide bonds. The Morgan fingerprint density at radius 1 is 1.19 bits per heavy atom. The van der Waals surface area contributed by atoms with Crippen molar-refractivity contribution < 1.29 is 12.6 Å². The second-order valence-electron chi connectivity index (χ2n) is 7.26. The van der Waals surface area contributed by atoms with E-state index in [0.29, 0.717) is 5.70 Å². The molecule has 0 aliphatic carbocycles. The summed E-state index contributed by atoms with van der Waals surface area (Å²) in [6, 6.07) is 7.62. The Labute approximate surface area is 196 Å². The summed E-state index contributed by atoms with van der Waals surface area (Å²) in [4.78, 5) is 5.40. The molecule has 0 bridgehead atoms. The highest BCUT2D eigenvalue weighted by atomic mass is 35.5.